The van der Waals surface area contributed by atoms with Gasteiger partial charge >= 0.3 is 0 Å². The highest BCUT2D eigenvalue weighted by atomic mass is 32.2. The first-order valence-electron chi connectivity index (χ1n) is 10.1. The number of rotatable bonds is 6. The van der Waals surface area contributed by atoms with Crippen molar-refractivity contribution in [2.45, 2.75) is 44.2 Å². The van der Waals surface area contributed by atoms with Gasteiger partial charge in [0, 0.05) is 18.7 Å². The lowest BCUT2D eigenvalue weighted by molar-refractivity contribution is -0.127. The number of amides is 1. The zero-order chi connectivity index (χ0) is 21.0. The number of carbonyl (C=O) groups excluding carboxylic acids is 1. The fourth-order valence-corrected chi connectivity index (χ4v) is 4.47. The largest absolute Gasteiger partial charge is 0.349 e. The lowest BCUT2D eigenvalue weighted by Crippen LogP contribution is -2.40. The van der Waals surface area contributed by atoms with E-state index in [1.807, 2.05) is 6.92 Å². The number of nitrogens with zero attached hydrogens (tertiary/aromatic N) is 1. The lowest BCUT2D eigenvalue weighted by atomic mass is 9.94. The Kier molecular flexibility index (Phi) is 6.75. The van der Waals surface area contributed by atoms with Gasteiger partial charge in [-0.1, -0.05) is 42.0 Å². The Morgan fingerprint density at radius 2 is 1.79 bits per heavy atom. The Bertz CT molecular complexity index is 946. The van der Waals surface area contributed by atoms with E-state index >= 15 is 0 Å². The van der Waals surface area contributed by atoms with Gasteiger partial charge in [0.2, 0.25) is 5.91 Å². The predicted octanol–water partition coefficient (Wildman–Crippen LogP) is 3.49. The van der Waals surface area contributed by atoms with Crippen molar-refractivity contribution in [3.63, 3.8) is 0 Å². The van der Waals surface area contributed by atoms with Gasteiger partial charge in [0.1, 0.15) is 0 Å². The number of likely N-dealkylation sites (tertiary alicyclic amines) is 1. The molecular formula is C23H30N2O3S. The molecule has 1 heterocycles. The van der Waals surface area contributed by atoms with E-state index in [0.717, 1.165) is 38.0 Å². The number of carbonyl (C=O) groups is 1. The summed E-state index contributed by atoms with van der Waals surface area (Å²) >= 11 is 0. The Morgan fingerprint density at radius 1 is 1.14 bits per heavy atom. The summed E-state index contributed by atoms with van der Waals surface area (Å²) in [6.07, 6.45) is 2.91. The molecule has 6 heteroatoms. The maximum absolute atomic E-state index is 12.7. The molecule has 0 bridgehead atoms. The summed E-state index contributed by atoms with van der Waals surface area (Å²) in [4.78, 5) is 15.4. The van der Waals surface area contributed by atoms with Crippen LogP contribution in [0.2, 0.25) is 0 Å². The molecule has 0 radical (unpaired) electrons. The number of aryl methyl sites for hydroxylation is 1. The van der Waals surface area contributed by atoms with Crippen LogP contribution in [0.4, 0.5) is 0 Å². The van der Waals surface area contributed by atoms with Crippen LogP contribution in [0.15, 0.2) is 53.4 Å². The molecule has 0 saturated carbocycles. The summed E-state index contributed by atoms with van der Waals surface area (Å²) in [6, 6.07) is 15.1. The molecule has 0 spiro atoms. The van der Waals surface area contributed by atoms with Crippen molar-refractivity contribution in [1.82, 2.24) is 10.2 Å². The molecule has 1 fully saturated rings. The van der Waals surface area contributed by atoms with Crippen LogP contribution in [0.5, 0.6) is 0 Å². The van der Waals surface area contributed by atoms with Gasteiger partial charge in [0.05, 0.1) is 10.9 Å². The predicted molar refractivity (Wildman–Crippen MR) is 115 cm³/mol. The van der Waals surface area contributed by atoms with E-state index in [0.29, 0.717) is 4.90 Å². The van der Waals surface area contributed by atoms with Gasteiger partial charge in [-0.25, -0.2) is 8.42 Å². The van der Waals surface area contributed by atoms with Gasteiger partial charge in [0.25, 0.3) is 0 Å². The van der Waals surface area contributed by atoms with Crippen molar-refractivity contribution in [2.75, 3.05) is 19.3 Å². The molecule has 5 nitrogen and oxygen atoms in total. The molecule has 1 N–H and O–H groups in total. The van der Waals surface area contributed by atoms with Gasteiger partial charge in [-0.05, 0) is 63.0 Å². The molecular weight excluding hydrogens is 384 g/mol. The molecule has 29 heavy (non-hydrogen) atoms. The van der Waals surface area contributed by atoms with Crippen molar-refractivity contribution in [2.24, 2.45) is 5.92 Å². The normalized spacial score (nSPS) is 17.1. The molecule has 1 saturated heterocycles. The van der Waals surface area contributed by atoms with E-state index < -0.39 is 9.84 Å². The van der Waals surface area contributed by atoms with Crippen LogP contribution in [0.3, 0.4) is 0 Å². The minimum Gasteiger partial charge on any atom is -0.349 e. The van der Waals surface area contributed by atoms with Gasteiger partial charge in [0.15, 0.2) is 9.84 Å². The summed E-state index contributed by atoms with van der Waals surface area (Å²) in [5, 5.41) is 3.09. The van der Waals surface area contributed by atoms with Crippen LogP contribution < -0.4 is 5.32 Å². The summed E-state index contributed by atoms with van der Waals surface area (Å²) in [6.45, 7) is 6.81. The number of hydrogen-bond acceptors (Lipinski definition) is 4. The Labute approximate surface area is 174 Å². The van der Waals surface area contributed by atoms with Gasteiger partial charge in [-0.15, -0.1) is 0 Å². The van der Waals surface area contributed by atoms with Gasteiger partial charge in [-0.3, -0.25) is 9.69 Å². The molecule has 3 rings (SSSR count). The second-order valence-corrected chi connectivity index (χ2v) is 10.1. The monoisotopic (exact) mass is 414 g/mol. The van der Waals surface area contributed by atoms with Crippen LogP contribution in [0.25, 0.3) is 0 Å². The fraction of sp³-hybridized carbons (Fsp3) is 0.435. The van der Waals surface area contributed by atoms with Crippen molar-refractivity contribution in [1.29, 1.82) is 0 Å². The van der Waals surface area contributed by atoms with Crippen LogP contribution in [0.1, 0.15) is 42.5 Å². The quantitative estimate of drug-likeness (QED) is 0.786. The number of hydrogen-bond donors (Lipinski definition) is 1. The SMILES string of the molecule is Cc1cccc(CN2CCC(C(=O)NC(C)c3ccc(S(C)(=O)=O)cc3)CC2)c1. The third-order valence-electron chi connectivity index (χ3n) is 5.61. The van der Waals surface area contributed by atoms with E-state index in [9.17, 15) is 13.2 Å². The lowest BCUT2D eigenvalue weighted by Gasteiger charge is -2.32. The van der Waals surface area contributed by atoms with E-state index in [2.05, 4.69) is 41.4 Å². The molecule has 1 aliphatic rings. The zero-order valence-electron chi connectivity index (χ0n) is 17.4. The molecule has 2 aromatic rings. The van der Waals surface area contributed by atoms with E-state index in [1.165, 1.54) is 17.4 Å². The first-order chi connectivity index (χ1) is 13.7. The molecule has 156 valence electrons. The number of sulfone groups is 1. The maximum Gasteiger partial charge on any atom is 0.223 e. The summed E-state index contributed by atoms with van der Waals surface area (Å²) in [5.74, 6) is 0.112. The standard InChI is InChI=1S/C23H30N2O3S/c1-17-5-4-6-19(15-17)16-25-13-11-21(12-14-25)23(26)24-18(2)20-7-9-22(10-8-20)29(3,27)28/h4-10,15,18,21H,11-14,16H2,1-3H3,(H,24,26). The highest BCUT2D eigenvalue weighted by molar-refractivity contribution is 7.90. The third kappa shape index (κ3) is 5.90. The molecule has 0 aromatic heterocycles. The zero-order valence-corrected chi connectivity index (χ0v) is 18.2. The minimum absolute atomic E-state index is 0.0292. The second kappa shape index (κ2) is 9.09. The molecule has 1 unspecified atom stereocenters. The van der Waals surface area contributed by atoms with Crippen molar-refractivity contribution in [3.8, 4) is 0 Å². The first kappa shape index (κ1) is 21.5. The molecule has 1 atom stereocenters. The highest BCUT2D eigenvalue weighted by Gasteiger charge is 2.26. The molecule has 1 amide bonds. The average molecular weight is 415 g/mol. The summed E-state index contributed by atoms with van der Waals surface area (Å²) in [5.41, 5.74) is 3.50. The third-order valence-corrected chi connectivity index (χ3v) is 6.74. The highest BCUT2D eigenvalue weighted by Crippen LogP contribution is 2.22. The van der Waals surface area contributed by atoms with E-state index in [4.69, 9.17) is 0 Å². The molecule has 2 aromatic carbocycles. The minimum atomic E-state index is -3.21. The fourth-order valence-electron chi connectivity index (χ4n) is 3.84. The van der Waals surface area contributed by atoms with Crippen LogP contribution in [-0.2, 0) is 21.2 Å². The molecule has 0 aliphatic carbocycles. The molecule has 1 aliphatic heterocycles. The Morgan fingerprint density at radius 3 is 2.38 bits per heavy atom. The van der Waals surface area contributed by atoms with Crippen molar-refractivity contribution in [3.05, 3.63) is 65.2 Å². The smallest absolute Gasteiger partial charge is 0.223 e. The number of nitrogens with one attached hydrogen (secondary N) is 1. The average Bonchev–Trinajstić information content (AvgIpc) is 2.68. The number of piperidine rings is 1. The van der Waals surface area contributed by atoms with E-state index in [1.54, 1.807) is 24.3 Å². The van der Waals surface area contributed by atoms with Crippen LogP contribution in [-0.4, -0.2) is 38.6 Å². The first-order valence-corrected chi connectivity index (χ1v) is 12.0. The van der Waals surface area contributed by atoms with E-state index in [-0.39, 0.29) is 17.9 Å². The Balaban J connectivity index is 1.50. The van der Waals surface area contributed by atoms with Crippen LogP contribution >= 0.6 is 0 Å². The topological polar surface area (TPSA) is 66.5 Å². The van der Waals surface area contributed by atoms with Crippen molar-refractivity contribution < 1.29 is 13.2 Å². The summed E-state index contributed by atoms with van der Waals surface area (Å²) < 4.78 is 23.2. The summed E-state index contributed by atoms with van der Waals surface area (Å²) in [7, 11) is -3.21. The van der Waals surface area contributed by atoms with Crippen molar-refractivity contribution >= 4 is 15.7 Å². The van der Waals surface area contributed by atoms with Crippen LogP contribution in [0, 0.1) is 12.8 Å². The maximum atomic E-state index is 12.7. The van der Waals surface area contributed by atoms with Gasteiger partial charge < -0.3 is 5.32 Å². The Hall–Kier alpha value is -2.18. The second-order valence-electron chi connectivity index (χ2n) is 8.11. The van der Waals surface area contributed by atoms with Gasteiger partial charge in [-0.2, -0.15) is 0 Å². The number of benzene rings is 2.